The first-order valence-electron chi connectivity index (χ1n) is 6.84. The highest BCUT2D eigenvalue weighted by molar-refractivity contribution is 7.89. The van der Waals surface area contributed by atoms with Gasteiger partial charge in [0.25, 0.3) is 0 Å². The van der Waals surface area contributed by atoms with Crippen molar-refractivity contribution in [1.82, 2.24) is 4.31 Å². The van der Waals surface area contributed by atoms with Crippen molar-refractivity contribution in [3.63, 3.8) is 0 Å². The van der Waals surface area contributed by atoms with Crippen molar-refractivity contribution >= 4 is 15.7 Å². The average molecular weight is 302 g/mol. The minimum Gasteiger partial charge on any atom is -0.397 e. The van der Waals surface area contributed by atoms with Crippen LogP contribution in [-0.4, -0.2) is 12.7 Å². The van der Waals surface area contributed by atoms with Gasteiger partial charge in [-0.3, -0.25) is 0 Å². The highest BCUT2D eigenvalue weighted by Gasteiger charge is 2.33. The van der Waals surface area contributed by atoms with Gasteiger partial charge in [0, 0.05) is 13.1 Å². The van der Waals surface area contributed by atoms with E-state index in [9.17, 15) is 8.42 Å². The van der Waals surface area contributed by atoms with Crippen LogP contribution in [0.15, 0.2) is 41.3 Å². The molecule has 1 aliphatic heterocycles. The number of benzene rings is 2. The molecule has 0 saturated heterocycles. The lowest BCUT2D eigenvalue weighted by Gasteiger charge is -2.19. The maximum atomic E-state index is 12.9. The fraction of sp³-hybridized carbons (Fsp3) is 0.250. The third kappa shape index (κ3) is 2.22. The summed E-state index contributed by atoms with van der Waals surface area (Å²) in [5.41, 5.74) is 9.99. The topological polar surface area (TPSA) is 63.4 Å². The Balaban J connectivity index is 2.06. The third-order valence-electron chi connectivity index (χ3n) is 4.02. The molecule has 1 aliphatic rings. The molecule has 0 atom stereocenters. The summed E-state index contributed by atoms with van der Waals surface area (Å²) < 4.78 is 27.4. The Morgan fingerprint density at radius 3 is 2.05 bits per heavy atom. The smallest absolute Gasteiger partial charge is 0.246 e. The lowest BCUT2D eigenvalue weighted by atomic mass is 10.1. The Hall–Kier alpha value is -1.85. The SMILES string of the molecule is Cc1ccc(C)c(S(=O)(=O)N2Cc3ccccc3C2)c1N. The Morgan fingerprint density at radius 2 is 1.48 bits per heavy atom. The van der Waals surface area contributed by atoms with Gasteiger partial charge in [0.2, 0.25) is 10.0 Å². The Labute approximate surface area is 125 Å². The van der Waals surface area contributed by atoms with Gasteiger partial charge in [-0.2, -0.15) is 4.31 Å². The predicted molar refractivity (Wildman–Crippen MR) is 83.2 cm³/mol. The number of anilines is 1. The molecule has 0 aliphatic carbocycles. The third-order valence-corrected chi connectivity index (χ3v) is 6.02. The normalized spacial score (nSPS) is 15.1. The van der Waals surface area contributed by atoms with Crippen molar-refractivity contribution in [3.8, 4) is 0 Å². The van der Waals surface area contributed by atoms with Gasteiger partial charge in [-0.05, 0) is 36.1 Å². The number of hydrogen-bond acceptors (Lipinski definition) is 3. The highest BCUT2D eigenvalue weighted by Crippen LogP contribution is 2.33. The molecule has 1 heterocycles. The number of fused-ring (bicyclic) bond motifs is 1. The van der Waals surface area contributed by atoms with E-state index in [2.05, 4.69) is 0 Å². The maximum absolute atomic E-state index is 12.9. The van der Waals surface area contributed by atoms with Crippen molar-refractivity contribution in [2.45, 2.75) is 31.8 Å². The molecule has 0 unspecified atom stereocenters. The van der Waals surface area contributed by atoms with E-state index < -0.39 is 10.0 Å². The fourth-order valence-corrected chi connectivity index (χ4v) is 4.54. The molecule has 0 saturated carbocycles. The van der Waals surface area contributed by atoms with Gasteiger partial charge in [0.15, 0.2) is 0 Å². The van der Waals surface area contributed by atoms with Gasteiger partial charge in [-0.1, -0.05) is 36.4 Å². The standard InChI is InChI=1S/C16H18N2O2S/c1-11-7-8-12(2)16(15(11)17)21(19,20)18-9-13-5-3-4-6-14(13)10-18/h3-8H,9-10,17H2,1-2H3. The number of nitrogens with two attached hydrogens (primary N) is 1. The summed E-state index contributed by atoms with van der Waals surface area (Å²) in [7, 11) is -3.58. The van der Waals surface area contributed by atoms with Crippen molar-refractivity contribution in [1.29, 1.82) is 0 Å². The van der Waals surface area contributed by atoms with Crippen molar-refractivity contribution < 1.29 is 8.42 Å². The van der Waals surface area contributed by atoms with E-state index in [1.165, 1.54) is 4.31 Å². The first-order valence-corrected chi connectivity index (χ1v) is 8.28. The van der Waals surface area contributed by atoms with Crippen LogP contribution < -0.4 is 5.73 Å². The molecule has 0 spiro atoms. The second kappa shape index (κ2) is 4.86. The largest absolute Gasteiger partial charge is 0.397 e. The molecule has 2 aromatic carbocycles. The number of nitrogens with zero attached hydrogens (tertiary/aromatic N) is 1. The minimum atomic E-state index is -3.58. The number of sulfonamides is 1. The molecule has 21 heavy (non-hydrogen) atoms. The number of aryl methyl sites for hydroxylation is 2. The Morgan fingerprint density at radius 1 is 0.952 bits per heavy atom. The molecular weight excluding hydrogens is 284 g/mol. The van der Waals surface area contributed by atoms with E-state index in [4.69, 9.17) is 5.73 Å². The molecule has 5 heteroatoms. The van der Waals surface area contributed by atoms with E-state index in [1.807, 2.05) is 43.3 Å². The van der Waals surface area contributed by atoms with Crippen molar-refractivity contribution in [3.05, 3.63) is 58.7 Å². The average Bonchev–Trinajstić information content (AvgIpc) is 2.88. The minimum absolute atomic E-state index is 0.246. The second-order valence-corrected chi connectivity index (χ2v) is 7.36. The second-order valence-electron chi connectivity index (χ2n) is 5.48. The van der Waals surface area contributed by atoms with E-state index >= 15 is 0 Å². The van der Waals surface area contributed by atoms with Crippen LogP contribution in [0.4, 0.5) is 5.69 Å². The predicted octanol–water partition coefficient (Wildman–Crippen LogP) is 2.59. The number of nitrogen functional groups attached to an aromatic ring is 1. The van der Waals surface area contributed by atoms with Gasteiger partial charge in [-0.25, -0.2) is 8.42 Å². The number of rotatable bonds is 2. The Bertz CT molecular complexity index is 788. The van der Waals surface area contributed by atoms with Gasteiger partial charge < -0.3 is 5.73 Å². The van der Waals surface area contributed by atoms with Gasteiger partial charge >= 0.3 is 0 Å². The molecule has 4 nitrogen and oxygen atoms in total. The quantitative estimate of drug-likeness (QED) is 0.867. The van der Waals surface area contributed by atoms with Crippen LogP contribution in [-0.2, 0) is 23.1 Å². The van der Waals surface area contributed by atoms with Crippen molar-refractivity contribution in [2.75, 3.05) is 5.73 Å². The lowest BCUT2D eigenvalue weighted by Crippen LogP contribution is -2.27. The van der Waals surface area contributed by atoms with E-state index in [1.54, 1.807) is 6.92 Å². The molecule has 0 amide bonds. The van der Waals surface area contributed by atoms with Gasteiger partial charge in [-0.15, -0.1) is 0 Å². The zero-order valence-corrected chi connectivity index (χ0v) is 12.9. The molecule has 0 radical (unpaired) electrons. The fourth-order valence-electron chi connectivity index (χ4n) is 2.75. The zero-order valence-electron chi connectivity index (χ0n) is 12.1. The summed E-state index contributed by atoms with van der Waals surface area (Å²) in [4.78, 5) is 0.246. The molecular formula is C16H18N2O2S. The molecule has 3 rings (SSSR count). The first kappa shape index (κ1) is 14.1. The van der Waals surface area contributed by atoms with Crippen LogP contribution in [0, 0.1) is 13.8 Å². The lowest BCUT2D eigenvalue weighted by molar-refractivity contribution is 0.431. The maximum Gasteiger partial charge on any atom is 0.246 e. The van der Waals surface area contributed by atoms with Crippen molar-refractivity contribution in [2.24, 2.45) is 0 Å². The van der Waals surface area contributed by atoms with E-state index in [0.717, 1.165) is 16.7 Å². The summed E-state index contributed by atoms with van der Waals surface area (Å²) in [6.07, 6.45) is 0. The summed E-state index contributed by atoms with van der Waals surface area (Å²) >= 11 is 0. The number of hydrogen-bond donors (Lipinski definition) is 1. The summed E-state index contributed by atoms with van der Waals surface area (Å²) in [6.45, 7) is 4.43. The zero-order chi connectivity index (χ0) is 15.2. The van der Waals surface area contributed by atoms with Crippen LogP contribution >= 0.6 is 0 Å². The van der Waals surface area contributed by atoms with E-state index in [-0.39, 0.29) is 4.90 Å². The molecule has 2 N–H and O–H groups in total. The van der Waals surface area contributed by atoms with Crippen LogP contribution in [0.5, 0.6) is 0 Å². The van der Waals surface area contributed by atoms with Crippen LogP contribution in [0.1, 0.15) is 22.3 Å². The van der Waals surface area contributed by atoms with Crippen LogP contribution in [0.3, 0.4) is 0 Å². The summed E-state index contributed by atoms with van der Waals surface area (Å²) in [5, 5.41) is 0. The summed E-state index contributed by atoms with van der Waals surface area (Å²) in [6, 6.07) is 11.5. The van der Waals surface area contributed by atoms with E-state index in [0.29, 0.717) is 24.3 Å². The van der Waals surface area contributed by atoms with Gasteiger partial charge in [0.05, 0.1) is 5.69 Å². The molecule has 2 aromatic rings. The molecule has 110 valence electrons. The highest BCUT2D eigenvalue weighted by atomic mass is 32.2. The molecule has 0 fully saturated rings. The molecule has 0 bridgehead atoms. The molecule has 0 aromatic heterocycles. The summed E-state index contributed by atoms with van der Waals surface area (Å²) in [5.74, 6) is 0. The monoisotopic (exact) mass is 302 g/mol. The van der Waals surface area contributed by atoms with Crippen LogP contribution in [0.25, 0.3) is 0 Å². The Kier molecular flexibility index (Phi) is 3.26. The first-order chi connectivity index (χ1) is 9.91. The van der Waals surface area contributed by atoms with Gasteiger partial charge in [0.1, 0.15) is 4.90 Å². The van der Waals surface area contributed by atoms with Crippen LogP contribution in [0.2, 0.25) is 0 Å².